The minimum absolute atomic E-state index is 1.17. The van der Waals surface area contributed by atoms with Crippen LogP contribution in [0.3, 0.4) is 0 Å². The van der Waals surface area contributed by atoms with E-state index in [-0.39, 0.29) is 0 Å². The number of hydrogen-bond acceptors (Lipinski definition) is 0. The van der Waals surface area contributed by atoms with E-state index in [1.807, 2.05) is 13.0 Å². The van der Waals surface area contributed by atoms with Gasteiger partial charge in [-0.2, -0.15) is 0 Å². The Balaban J connectivity index is 2.52. The van der Waals surface area contributed by atoms with Gasteiger partial charge in [0.2, 0.25) is 0 Å². The number of aromatic amines is 1. The summed E-state index contributed by atoms with van der Waals surface area (Å²) < 4.78 is 0. The fourth-order valence-corrected chi connectivity index (χ4v) is 2.53. The molecule has 0 atom stereocenters. The minimum Gasteiger partial charge on any atom is -0.354 e. The highest BCUT2D eigenvalue weighted by atomic mass is 14.7. The topological polar surface area (TPSA) is 15.8 Å². The van der Waals surface area contributed by atoms with Crippen molar-refractivity contribution in [2.45, 2.75) is 6.92 Å². The molecule has 3 aromatic rings. The molecule has 3 rings (SSSR count). The Morgan fingerprint density at radius 1 is 1.06 bits per heavy atom. The van der Waals surface area contributed by atoms with Crippen LogP contribution in [0.25, 0.3) is 34.0 Å². The lowest BCUT2D eigenvalue weighted by Crippen LogP contribution is -1.82. The number of allylic oxidation sites excluding steroid dienone is 1. The number of para-hydroxylation sites is 1. The Kier molecular flexibility index (Phi) is 2.52. The zero-order chi connectivity index (χ0) is 12.5. The summed E-state index contributed by atoms with van der Waals surface area (Å²) in [6, 6.07) is 12.7. The molecule has 88 valence electrons. The number of nitrogens with one attached hydrogen (secondary N) is 1. The Morgan fingerprint density at radius 2 is 1.89 bits per heavy atom. The second kappa shape index (κ2) is 4.19. The highest BCUT2D eigenvalue weighted by Crippen LogP contribution is 2.31. The predicted molar refractivity (Wildman–Crippen MR) is 80.6 cm³/mol. The molecule has 1 N–H and O–H groups in total. The second-order valence-electron chi connectivity index (χ2n) is 4.37. The third-order valence-corrected chi connectivity index (χ3v) is 3.30. The first-order valence-corrected chi connectivity index (χ1v) is 6.13. The fraction of sp³-hybridized carbons (Fsp3) is 0.0588. The average molecular weight is 233 g/mol. The predicted octanol–water partition coefficient (Wildman–Crippen LogP) is 5.00. The highest BCUT2D eigenvalue weighted by Gasteiger charge is 2.08. The number of benzene rings is 2. The Hall–Kier alpha value is -2.28. The maximum atomic E-state index is 3.96. The minimum atomic E-state index is 1.17. The molecule has 0 unspecified atom stereocenters. The van der Waals surface area contributed by atoms with Crippen molar-refractivity contribution in [3.05, 3.63) is 60.2 Å². The zero-order valence-corrected chi connectivity index (χ0v) is 10.4. The summed E-state index contributed by atoms with van der Waals surface area (Å²) in [5, 5.41) is 2.52. The number of H-pyrrole nitrogens is 1. The molecule has 1 heterocycles. The molecule has 1 aromatic heterocycles. The second-order valence-corrected chi connectivity index (χ2v) is 4.37. The van der Waals surface area contributed by atoms with E-state index >= 15 is 0 Å². The summed E-state index contributed by atoms with van der Waals surface area (Å²) in [6.07, 6.45) is 6.12. The summed E-state index contributed by atoms with van der Waals surface area (Å²) in [7, 11) is 0. The van der Waals surface area contributed by atoms with Crippen LogP contribution in [0, 0.1) is 0 Å². The van der Waals surface area contributed by atoms with E-state index in [4.69, 9.17) is 0 Å². The van der Waals surface area contributed by atoms with Crippen LogP contribution in [0.1, 0.15) is 18.1 Å². The Morgan fingerprint density at radius 3 is 2.67 bits per heavy atom. The van der Waals surface area contributed by atoms with Crippen LogP contribution in [0.5, 0.6) is 0 Å². The van der Waals surface area contributed by atoms with Gasteiger partial charge in [-0.1, -0.05) is 49.1 Å². The SMILES string of the molecule is C=Cc1c(/C=C\C)ccc2[nH]c3ccccc3c12. The summed E-state index contributed by atoms with van der Waals surface area (Å²) in [6.45, 7) is 6.00. The third-order valence-electron chi connectivity index (χ3n) is 3.30. The van der Waals surface area contributed by atoms with Gasteiger partial charge in [0, 0.05) is 21.8 Å². The first kappa shape index (κ1) is 10.8. The van der Waals surface area contributed by atoms with Gasteiger partial charge in [0.25, 0.3) is 0 Å². The summed E-state index contributed by atoms with van der Waals surface area (Å²) in [5.41, 5.74) is 4.75. The molecular weight excluding hydrogens is 218 g/mol. The van der Waals surface area contributed by atoms with E-state index in [1.54, 1.807) is 0 Å². The van der Waals surface area contributed by atoms with Crippen molar-refractivity contribution in [3.63, 3.8) is 0 Å². The number of hydrogen-bond donors (Lipinski definition) is 1. The molecule has 0 fully saturated rings. The molecule has 0 saturated carbocycles. The van der Waals surface area contributed by atoms with Crippen LogP contribution >= 0.6 is 0 Å². The van der Waals surface area contributed by atoms with E-state index in [0.717, 1.165) is 0 Å². The molecule has 2 aromatic carbocycles. The monoisotopic (exact) mass is 233 g/mol. The van der Waals surface area contributed by atoms with Crippen LogP contribution in [0.2, 0.25) is 0 Å². The third kappa shape index (κ3) is 1.48. The highest BCUT2D eigenvalue weighted by molar-refractivity contribution is 6.12. The summed E-state index contributed by atoms with van der Waals surface area (Å²) in [5.74, 6) is 0. The molecule has 0 aliphatic carbocycles. The molecule has 18 heavy (non-hydrogen) atoms. The lowest BCUT2D eigenvalue weighted by Gasteiger charge is -2.03. The van der Waals surface area contributed by atoms with Crippen LogP contribution in [0.15, 0.2) is 49.1 Å². The van der Waals surface area contributed by atoms with Gasteiger partial charge in [-0.3, -0.25) is 0 Å². The van der Waals surface area contributed by atoms with Crippen molar-refractivity contribution in [2.24, 2.45) is 0 Å². The Labute approximate surface area is 106 Å². The molecule has 0 aliphatic rings. The fourth-order valence-electron chi connectivity index (χ4n) is 2.53. The van der Waals surface area contributed by atoms with Gasteiger partial charge in [-0.05, 0) is 30.2 Å². The van der Waals surface area contributed by atoms with Gasteiger partial charge in [-0.15, -0.1) is 0 Å². The molecule has 0 radical (unpaired) electrons. The van der Waals surface area contributed by atoms with Gasteiger partial charge in [0.1, 0.15) is 0 Å². The average Bonchev–Trinajstić information content (AvgIpc) is 2.78. The molecule has 1 heteroatoms. The quantitative estimate of drug-likeness (QED) is 0.641. The molecule has 0 spiro atoms. The summed E-state index contributed by atoms with van der Waals surface area (Å²) >= 11 is 0. The molecule has 0 bridgehead atoms. The molecule has 0 saturated heterocycles. The van der Waals surface area contributed by atoms with Crippen molar-refractivity contribution in [3.8, 4) is 0 Å². The maximum Gasteiger partial charge on any atom is 0.0471 e. The number of rotatable bonds is 2. The summed E-state index contributed by atoms with van der Waals surface area (Å²) in [4.78, 5) is 3.45. The molecule has 0 aliphatic heterocycles. The lowest BCUT2D eigenvalue weighted by atomic mass is 10.00. The smallest absolute Gasteiger partial charge is 0.0471 e. The Bertz CT molecular complexity index is 760. The van der Waals surface area contributed by atoms with Gasteiger partial charge >= 0.3 is 0 Å². The van der Waals surface area contributed by atoms with Crippen LogP contribution in [0.4, 0.5) is 0 Å². The van der Waals surface area contributed by atoms with Crippen molar-refractivity contribution < 1.29 is 0 Å². The van der Waals surface area contributed by atoms with Crippen molar-refractivity contribution >= 4 is 34.0 Å². The van der Waals surface area contributed by atoms with Crippen molar-refractivity contribution in [2.75, 3.05) is 0 Å². The van der Waals surface area contributed by atoms with E-state index < -0.39 is 0 Å². The number of fused-ring (bicyclic) bond motifs is 3. The number of aromatic nitrogens is 1. The van der Waals surface area contributed by atoms with E-state index in [1.165, 1.54) is 32.9 Å². The van der Waals surface area contributed by atoms with E-state index in [2.05, 4.69) is 60.1 Å². The molecule has 1 nitrogen and oxygen atoms in total. The van der Waals surface area contributed by atoms with Gasteiger partial charge in [0.05, 0.1) is 0 Å². The molecule has 0 amide bonds. The first-order chi connectivity index (χ1) is 8.85. The normalized spacial score (nSPS) is 11.6. The first-order valence-electron chi connectivity index (χ1n) is 6.13. The largest absolute Gasteiger partial charge is 0.354 e. The van der Waals surface area contributed by atoms with Crippen molar-refractivity contribution in [1.29, 1.82) is 0 Å². The standard InChI is InChI=1S/C17H15N/c1-3-7-12-10-11-16-17(13(12)4-2)14-8-5-6-9-15(14)18-16/h3-11,18H,2H2,1H3/b7-3-. The molecular formula is C17H15N. The van der Waals surface area contributed by atoms with Crippen LogP contribution < -0.4 is 0 Å². The van der Waals surface area contributed by atoms with Gasteiger partial charge < -0.3 is 4.98 Å². The lowest BCUT2D eigenvalue weighted by molar-refractivity contribution is 1.54. The van der Waals surface area contributed by atoms with Crippen LogP contribution in [-0.2, 0) is 0 Å². The van der Waals surface area contributed by atoms with E-state index in [0.29, 0.717) is 0 Å². The van der Waals surface area contributed by atoms with Gasteiger partial charge in [0.15, 0.2) is 0 Å². The zero-order valence-electron chi connectivity index (χ0n) is 10.4. The van der Waals surface area contributed by atoms with Crippen molar-refractivity contribution in [1.82, 2.24) is 4.98 Å². The van der Waals surface area contributed by atoms with Crippen LogP contribution in [-0.4, -0.2) is 4.98 Å². The van der Waals surface area contributed by atoms with Gasteiger partial charge in [-0.25, -0.2) is 0 Å². The maximum absolute atomic E-state index is 3.96. The van der Waals surface area contributed by atoms with E-state index in [9.17, 15) is 0 Å².